The predicted molar refractivity (Wildman–Crippen MR) is 85.9 cm³/mol. The standard InChI is InChI=1S/C18H28O3/c1-14(2)16-7-9-17(10-8-16)21-12-6-5-11-20-13-18(19)15(3)4/h7-10,14-15H,5-6,11-13H2,1-4H3. The van der Waals surface area contributed by atoms with Crippen LogP contribution in [0.3, 0.4) is 0 Å². The zero-order chi connectivity index (χ0) is 15.7. The van der Waals surface area contributed by atoms with E-state index in [4.69, 9.17) is 9.47 Å². The van der Waals surface area contributed by atoms with E-state index in [9.17, 15) is 4.79 Å². The SMILES string of the molecule is CC(C)C(=O)COCCCCOc1ccc(C(C)C)cc1. The number of ketones is 1. The summed E-state index contributed by atoms with van der Waals surface area (Å²) in [7, 11) is 0. The summed E-state index contributed by atoms with van der Waals surface area (Å²) < 4.78 is 11.0. The van der Waals surface area contributed by atoms with Crippen molar-refractivity contribution in [3.05, 3.63) is 29.8 Å². The molecule has 0 spiro atoms. The highest BCUT2D eigenvalue weighted by molar-refractivity contribution is 5.81. The Morgan fingerprint density at radius 2 is 1.62 bits per heavy atom. The van der Waals surface area contributed by atoms with E-state index < -0.39 is 0 Å². The molecule has 3 nitrogen and oxygen atoms in total. The topological polar surface area (TPSA) is 35.5 Å². The molecule has 0 atom stereocenters. The Balaban J connectivity index is 2.08. The molecule has 0 unspecified atom stereocenters. The molecule has 0 heterocycles. The van der Waals surface area contributed by atoms with E-state index in [0.29, 0.717) is 19.1 Å². The minimum atomic E-state index is 0.0575. The minimum Gasteiger partial charge on any atom is -0.494 e. The third-order valence-electron chi connectivity index (χ3n) is 3.39. The molecule has 3 heteroatoms. The van der Waals surface area contributed by atoms with Crippen LogP contribution >= 0.6 is 0 Å². The summed E-state index contributed by atoms with van der Waals surface area (Å²) in [5.41, 5.74) is 1.32. The molecule has 0 saturated carbocycles. The average Bonchev–Trinajstić information content (AvgIpc) is 2.46. The number of unbranched alkanes of at least 4 members (excludes halogenated alkanes) is 1. The lowest BCUT2D eigenvalue weighted by Crippen LogP contribution is -2.15. The van der Waals surface area contributed by atoms with Crippen LogP contribution < -0.4 is 4.74 Å². The van der Waals surface area contributed by atoms with Crippen molar-refractivity contribution < 1.29 is 14.3 Å². The van der Waals surface area contributed by atoms with E-state index in [1.54, 1.807) is 0 Å². The first-order chi connectivity index (χ1) is 10.0. The number of Topliss-reactive ketones (excluding diaryl/α,β-unsaturated/α-hetero) is 1. The zero-order valence-electron chi connectivity index (χ0n) is 13.7. The second-order valence-electron chi connectivity index (χ2n) is 5.95. The predicted octanol–water partition coefficient (Wildman–Crippen LogP) is 4.21. The van der Waals surface area contributed by atoms with Crippen molar-refractivity contribution >= 4 is 5.78 Å². The average molecular weight is 292 g/mol. The maximum absolute atomic E-state index is 11.3. The van der Waals surface area contributed by atoms with E-state index in [2.05, 4.69) is 26.0 Å². The molecule has 0 aliphatic heterocycles. The molecule has 118 valence electrons. The molecule has 1 aromatic carbocycles. The highest BCUT2D eigenvalue weighted by atomic mass is 16.5. The highest BCUT2D eigenvalue weighted by Crippen LogP contribution is 2.18. The van der Waals surface area contributed by atoms with Gasteiger partial charge in [0, 0.05) is 12.5 Å². The smallest absolute Gasteiger partial charge is 0.160 e. The second kappa shape index (κ2) is 9.56. The van der Waals surface area contributed by atoms with Crippen LogP contribution in [0.4, 0.5) is 0 Å². The number of ether oxygens (including phenoxy) is 2. The Bertz CT molecular complexity index is 407. The molecule has 0 aliphatic rings. The van der Waals surface area contributed by atoms with Crippen LogP contribution in [-0.4, -0.2) is 25.6 Å². The van der Waals surface area contributed by atoms with Gasteiger partial charge in [-0.3, -0.25) is 4.79 Å². The number of rotatable bonds is 10. The van der Waals surface area contributed by atoms with Crippen molar-refractivity contribution in [1.82, 2.24) is 0 Å². The number of benzene rings is 1. The van der Waals surface area contributed by atoms with Gasteiger partial charge in [0.1, 0.15) is 12.4 Å². The van der Waals surface area contributed by atoms with Crippen molar-refractivity contribution in [3.8, 4) is 5.75 Å². The van der Waals surface area contributed by atoms with Crippen LogP contribution in [0.5, 0.6) is 5.75 Å². The van der Waals surface area contributed by atoms with Crippen LogP contribution in [0.2, 0.25) is 0 Å². The summed E-state index contributed by atoms with van der Waals surface area (Å²) in [5.74, 6) is 1.68. The van der Waals surface area contributed by atoms with Crippen LogP contribution in [-0.2, 0) is 9.53 Å². The van der Waals surface area contributed by atoms with Gasteiger partial charge in [-0.2, -0.15) is 0 Å². The van der Waals surface area contributed by atoms with E-state index in [1.165, 1.54) is 5.56 Å². The third-order valence-corrected chi connectivity index (χ3v) is 3.39. The lowest BCUT2D eigenvalue weighted by molar-refractivity contribution is -0.126. The van der Waals surface area contributed by atoms with E-state index >= 15 is 0 Å². The summed E-state index contributed by atoms with van der Waals surface area (Å²) in [4.78, 5) is 11.3. The summed E-state index contributed by atoms with van der Waals surface area (Å²) in [6.07, 6.45) is 1.84. The fourth-order valence-electron chi connectivity index (χ4n) is 1.78. The zero-order valence-corrected chi connectivity index (χ0v) is 13.7. The Kier molecular flexibility index (Phi) is 8.06. The number of carbonyl (C=O) groups is 1. The summed E-state index contributed by atoms with van der Waals surface area (Å²) >= 11 is 0. The second-order valence-corrected chi connectivity index (χ2v) is 5.95. The fraction of sp³-hybridized carbons (Fsp3) is 0.611. The van der Waals surface area contributed by atoms with Gasteiger partial charge < -0.3 is 9.47 Å². The van der Waals surface area contributed by atoms with E-state index in [-0.39, 0.29) is 18.3 Å². The van der Waals surface area contributed by atoms with Crippen molar-refractivity contribution in [1.29, 1.82) is 0 Å². The summed E-state index contributed by atoms with van der Waals surface area (Å²) in [6.45, 7) is 9.68. The first-order valence-corrected chi connectivity index (χ1v) is 7.84. The Labute approximate surface area is 128 Å². The van der Waals surface area contributed by atoms with E-state index in [0.717, 1.165) is 18.6 Å². The van der Waals surface area contributed by atoms with Gasteiger partial charge in [-0.15, -0.1) is 0 Å². The quantitative estimate of drug-likeness (QED) is 0.606. The molecule has 0 aliphatic carbocycles. The lowest BCUT2D eigenvalue weighted by atomic mass is 10.0. The Morgan fingerprint density at radius 3 is 2.19 bits per heavy atom. The molecule has 0 radical (unpaired) electrons. The van der Waals surface area contributed by atoms with Crippen molar-refractivity contribution in [3.63, 3.8) is 0 Å². The molecule has 0 amide bonds. The highest BCUT2D eigenvalue weighted by Gasteiger charge is 2.06. The van der Waals surface area contributed by atoms with Crippen LogP contribution in [0.25, 0.3) is 0 Å². The monoisotopic (exact) mass is 292 g/mol. The van der Waals surface area contributed by atoms with Gasteiger partial charge in [0.25, 0.3) is 0 Å². The molecule has 0 fully saturated rings. The van der Waals surface area contributed by atoms with Gasteiger partial charge in [0.2, 0.25) is 0 Å². The van der Waals surface area contributed by atoms with Gasteiger partial charge >= 0.3 is 0 Å². The minimum absolute atomic E-state index is 0.0575. The molecule has 21 heavy (non-hydrogen) atoms. The van der Waals surface area contributed by atoms with Crippen molar-refractivity contribution in [2.75, 3.05) is 19.8 Å². The van der Waals surface area contributed by atoms with E-state index in [1.807, 2.05) is 26.0 Å². The van der Waals surface area contributed by atoms with Crippen molar-refractivity contribution in [2.45, 2.75) is 46.5 Å². The molecular formula is C18H28O3. The van der Waals surface area contributed by atoms with Gasteiger partial charge in [-0.05, 0) is 36.5 Å². The number of carbonyl (C=O) groups excluding carboxylic acids is 1. The normalized spacial score (nSPS) is 11.1. The molecule has 1 aromatic rings. The molecule has 0 bridgehead atoms. The molecule has 0 aromatic heterocycles. The van der Waals surface area contributed by atoms with Gasteiger partial charge in [-0.1, -0.05) is 39.8 Å². The number of hydrogen-bond acceptors (Lipinski definition) is 3. The molecule has 1 rings (SSSR count). The van der Waals surface area contributed by atoms with Crippen molar-refractivity contribution in [2.24, 2.45) is 5.92 Å². The van der Waals surface area contributed by atoms with Crippen LogP contribution in [0.15, 0.2) is 24.3 Å². The summed E-state index contributed by atoms with van der Waals surface area (Å²) in [5, 5.41) is 0. The van der Waals surface area contributed by atoms with Gasteiger partial charge in [-0.25, -0.2) is 0 Å². The first kappa shape index (κ1) is 17.7. The maximum atomic E-state index is 11.3. The Hall–Kier alpha value is -1.35. The lowest BCUT2D eigenvalue weighted by Gasteiger charge is -2.09. The molecule has 0 N–H and O–H groups in total. The van der Waals surface area contributed by atoms with Gasteiger partial charge in [0.15, 0.2) is 5.78 Å². The van der Waals surface area contributed by atoms with Crippen LogP contribution in [0, 0.1) is 5.92 Å². The molecule has 0 saturated heterocycles. The first-order valence-electron chi connectivity index (χ1n) is 7.84. The molecular weight excluding hydrogens is 264 g/mol. The maximum Gasteiger partial charge on any atom is 0.160 e. The Morgan fingerprint density at radius 1 is 1.00 bits per heavy atom. The summed E-state index contributed by atoms with van der Waals surface area (Å²) in [6, 6.07) is 8.27. The van der Waals surface area contributed by atoms with Crippen LogP contribution in [0.1, 0.15) is 52.0 Å². The third kappa shape index (κ3) is 7.28. The number of hydrogen-bond donors (Lipinski definition) is 0. The fourth-order valence-corrected chi connectivity index (χ4v) is 1.78. The van der Waals surface area contributed by atoms with Gasteiger partial charge in [0.05, 0.1) is 6.61 Å². The largest absolute Gasteiger partial charge is 0.494 e.